The van der Waals surface area contributed by atoms with Crippen LogP contribution in [0, 0.1) is 0 Å². The highest BCUT2D eigenvalue weighted by Gasteiger charge is 2.04. The van der Waals surface area contributed by atoms with Gasteiger partial charge in [0.2, 0.25) is 5.13 Å². The number of hydrazone groups is 1. The van der Waals surface area contributed by atoms with E-state index in [2.05, 4.69) is 15.5 Å². The molecule has 2 aromatic carbocycles. The second-order valence-electron chi connectivity index (χ2n) is 4.88. The summed E-state index contributed by atoms with van der Waals surface area (Å²) in [6.45, 7) is 0. The Balaban J connectivity index is 1.72. The fourth-order valence-electron chi connectivity index (χ4n) is 2.16. The second-order valence-corrected chi connectivity index (χ2v) is 5.74. The molecule has 3 rings (SSSR count). The fourth-order valence-corrected chi connectivity index (χ4v) is 2.83. The van der Waals surface area contributed by atoms with Crippen molar-refractivity contribution in [1.82, 2.24) is 4.98 Å². The lowest BCUT2D eigenvalue weighted by molar-refractivity contribution is 0.402. The van der Waals surface area contributed by atoms with Crippen LogP contribution in [0.2, 0.25) is 0 Å². The highest BCUT2D eigenvalue weighted by molar-refractivity contribution is 7.14. The van der Waals surface area contributed by atoms with Gasteiger partial charge in [0, 0.05) is 16.5 Å². The van der Waals surface area contributed by atoms with Gasteiger partial charge in [0.15, 0.2) is 0 Å². The van der Waals surface area contributed by atoms with Gasteiger partial charge < -0.3 is 9.47 Å². The molecule has 6 heteroatoms. The number of anilines is 1. The standard InChI is InChI=1S/C18H17N3O2S/c1-22-15-8-9-17(23-2)14(10-15)11-19-21-18-20-16(12-24-18)13-6-4-3-5-7-13/h3-12H,1-2H3,(H,20,21)/b19-11-. The Bertz CT molecular complexity index is 831. The molecular weight excluding hydrogens is 322 g/mol. The molecule has 0 atom stereocenters. The van der Waals surface area contributed by atoms with E-state index in [9.17, 15) is 0 Å². The molecule has 0 amide bonds. The van der Waals surface area contributed by atoms with E-state index in [1.807, 2.05) is 53.9 Å². The molecule has 1 aromatic heterocycles. The van der Waals surface area contributed by atoms with Crippen molar-refractivity contribution in [3.8, 4) is 22.8 Å². The van der Waals surface area contributed by atoms with E-state index in [1.165, 1.54) is 11.3 Å². The molecule has 0 spiro atoms. The van der Waals surface area contributed by atoms with Crippen molar-refractivity contribution < 1.29 is 9.47 Å². The molecule has 3 aromatic rings. The summed E-state index contributed by atoms with van der Waals surface area (Å²) in [6, 6.07) is 15.6. The highest BCUT2D eigenvalue weighted by Crippen LogP contribution is 2.25. The van der Waals surface area contributed by atoms with E-state index in [1.54, 1.807) is 20.4 Å². The Morgan fingerprint density at radius 2 is 1.92 bits per heavy atom. The maximum Gasteiger partial charge on any atom is 0.203 e. The molecule has 0 aliphatic carbocycles. The molecule has 0 saturated heterocycles. The van der Waals surface area contributed by atoms with Crippen LogP contribution in [-0.4, -0.2) is 25.4 Å². The summed E-state index contributed by atoms with van der Waals surface area (Å²) < 4.78 is 10.5. The first-order chi connectivity index (χ1) is 11.8. The topological polar surface area (TPSA) is 55.7 Å². The first-order valence-electron chi connectivity index (χ1n) is 7.32. The predicted octanol–water partition coefficient (Wildman–Crippen LogP) is 4.27. The van der Waals surface area contributed by atoms with Crippen molar-refractivity contribution >= 4 is 22.7 Å². The third kappa shape index (κ3) is 3.72. The summed E-state index contributed by atoms with van der Waals surface area (Å²) in [5, 5.41) is 6.97. The molecule has 0 fully saturated rings. The number of benzene rings is 2. The van der Waals surface area contributed by atoms with E-state index in [4.69, 9.17) is 9.47 Å². The Morgan fingerprint density at radius 1 is 1.08 bits per heavy atom. The Morgan fingerprint density at radius 3 is 2.67 bits per heavy atom. The Hall–Kier alpha value is -2.86. The van der Waals surface area contributed by atoms with Crippen molar-refractivity contribution in [2.45, 2.75) is 0 Å². The van der Waals surface area contributed by atoms with Gasteiger partial charge in [-0.05, 0) is 18.2 Å². The first-order valence-corrected chi connectivity index (χ1v) is 8.20. The van der Waals surface area contributed by atoms with Crippen molar-refractivity contribution in [3.63, 3.8) is 0 Å². The second kappa shape index (κ2) is 7.61. The van der Waals surface area contributed by atoms with Crippen LogP contribution in [0.3, 0.4) is 0 Å². The molecule has 1 N–H and O–H groups in total. The first kappa shape index (κ1) is 16.0. The van der Waals surface area contributed by atoms with Crippen molar-refractivity contribution in [2.75, 3.05) is 19.6 Å². The monoisotopic (exact) mass is 339 g/mol. The van der Waals surface area contributed by atoms with E-state index in [0.717, 1.165) is 33.5 Å². The third-order valence-electron chi connectivity index (χ3n) is 3.37. The zero-order valence-electron chi connectivity index (χ0n) is 13.4. The Labute approximate surface area is 144 Å². The third-order valence-corrected chi connectivity index (χ3v) is 4.12. The molecule has 122 valence electrons. The molecule has 0 saturated carbocycles. The van der Waals surface area contributed by atoms with Crippen molar-refractivity contribution in [3.05, 3.63) is 59.5 Å². The summed E-state index contributed by atoms with van der Waals surface area (Å²) in [4.78, 5) is 4.53. The highest BCUT2D eigenvalue weighted by atomic mass is 32.1. The van der Waals surface area contributed by atoms with Gasteiger partial charge in [0.1, 0.15) is 11.5 Å². The van der Waals surface area contributed by atoms with Crippen molar-refractivity contribution in [1.29, 1.82) is 0 Å². The summed E-state index contributed by atoms with van der Waals surface area (Å²) in [7, 11) is 3.25. The molecule has 5 nitrogen and oxygen atoms in total. The molecule has 0 unspecified atom stereocenters. The van der Waals surface area contributed by atoms with E-state index >= 15 is 0 Å². The minimum atomic E-state index is 0.727. The maximum absolute atomic E-state index is 5.32. The molecule has 0 bridgehead atoms. The molecule has 0 radical (unpaired) electrons. The molecule has 24 heavy (non-hydrogen) atoms. The number of hydrogen-bond acceptors (Lipinski definition) is 6. The largest absolute Gasteiger partial charge is 0.497 e. The number of thiazole rings is 1. The van der Waals surface area contributed by atoms with Crippen LogP contribution in [0.25, 0.3) is 11.3 Å². The lowest BCUT2D eigenvalue weighted by atomic mass is 10.2. The van der Waals surface area contributed by atoms with Crippen LogP contribution in [0.4, 0.5) is 5.13 Å². The lowest BCUT2D eigenvalue weighted by Gasteiger charge is -2.06. The van der Waals surface area contributed by atoms with E-state index in [-0.39, 0.29) is 0 Å². The van der Waals surface area contributed by atoms with Crippen LogP contribution in [0.15, 0.2) is 59.0 Å². The smallest absolute Gasteiger partial charge is 0.203 e. The zero-order valence-corrected chi connectivity index (χ0v) is 14.2. The van der Waals surface area contributed by atoms with E-state index in [0.29, 0.717) is 0 Å². The quantitative estimate of drug-likeness (QED) is 0.538. The number of nitrogens with zero attached hydrogens (tertiary/aromatic N) is 2. The van der Waals surface area contributed by atoms with Gasteiger partial charge in [-0.2, -0.15) is 5.10 Å². The molecular formula is C18H17N3O2S. The molecule has 0 aliphatic heterocycles. The minimum Gasteiger partial charge on any atom is -0.497 e. The van der Waals surface area contributed by atoms with Gasteiger partial charge in [-0.25, -0.2) is 4.98 Å². The van der Waals surface area contributed by atoms with Gasteiger partial charge in [-0.3, -0.25) is 5.43 Å². The van der Waals surface area contributed by atoms with Gasteiger partial charge in [0.05, 0.1) is 26.1 Å². The molecule has 0 aliphatic rings. The van der Waals surface area contributed by atoms with Gasteiger partial charge in [-0.15, -0.1) is 11.3 Å². The van der Waals surface area contributed by atoms with Crippen LogP contribution in [-0.2, 0) is 0 Å². The van der Waals surface area contributed by atoms with Crippen LogP contribution in [0.5, 0.6) is 11.5 Å². The van der Waals surface area contributed by atoms with Crippen LogP contribution in [0.1, 0.15) is 5.56 Å². The SMILES string of the molecule is COc1ccc(OC)c(/C=N\Nc2nc(-c3ccccc3)cs2)c1. The summed E-state index contributed by atoms with van der Waals surface area (Å²) in [5.74, 6) is 1.48. The number of aromatic nitrogens is 1. The summed E-state index contributed by atoms with van der Waals surface area (Å²) >= 11 is 1.51. The summed E-state index contributed by atoms with van der Waals surface area (Å²) in [5.41, 5.74) is 5.79. The number of ether oxygens (including phenoxy) is 2. The normalized spacial score (nSPS) is 10.8. The minimum absolute atomic E-state index is 0.727. The van der Waals surface area contributed by atoms with Gasteiger partial charge >= 0.3 is 0 Å². The van der Waals surface area contributed by atoms with E-state index < -0.39 is 0 Å². The molecule has 1 heterocycles. The summed E-state index contributed by atoms with van der Waals surface area (Å²) in [6.07, 6.45) is 1.69. The fraction of sp³-hybridized carbons (Fsp3) is 0.111. The van der Waals surface area contributed by atoms with Gasteiger partial charge in [0.25, 0.3) is 0 Å². The average molecular weight is 339 g/mol. The van der Waals surface area contributed by atoms with Crippen LogP contribution >= 0.6 is 11.3 Å². The van der Waals surface area contributed by atoms with Crippen molar-refractivity contribution in [2.24, 2.45) is 5.10 Å². The predicted molar refractivity (Wildman–Crippen MR) is 98.3 cm³/mol. The lowest BCUT2D eigenvalue weighted by Crippen LogP contribution is -1.95. The number of nitrogens with one attached hydrogen (secondary N) is 1. The van der Waals surface area contributed by atoms with Crippen LogP contribution < -0.4 is 14.9 Å². The zero-order chi connectivity index (χ0) is 16.8. The Kier molecular flexibility index (Phi) is 5.08. The maximum atomic E-state index is 5.32. The number of rotatable bonds is 6. The van der Waals surface area contributed by atoms with Gasteiger partial charge in [-0.1, -0.05) is 30.3 Å². The number of methoxy groups -OCH3 is 2. The average Bonchev–Trinajstić information content (AvgIpc) is 3.11. The number of hydrogen-bond donors (Lipinski definition) is 1.